The highest BCUT2D eigenvalue weighted by molar-refractivity contribution is 5.39. The van der Waals surface area contributed by atoms with Gasteiger partial charge in [0.05, 0.1) is 19.2 Å². The molecule has 4 rings (SSSR count). The first-order valence-corrected chi connectivity index (χ1v) is 7.80. The summed E-state index contributed by atoms with van der Waals surface area (Å²) in [4.78, 5) is 4.30. The Balaban J connectivity index is 1.69. The van der Waals surface area contributed by atoms with E-state index >= 15 is 0 Å². The van der Waals surface area contributed by atoms with Crippen molar-refractivity contribution in [3.63, 3.8) is 0 Å². The fourth-order valence-corrected chi connectivity index (χ4v) is 3.14. The van der Waals surface area contributed by atoms with Crippen molar-refractivity contribution in [1.29, 1.82) is 0 Å². The summed E-state index contributed by atoms with van der Waals surface area (Å²) in [6, 6.07) is 14.7. The van der Waals surface area contributed by atoms with Crippen LogP contribution in [0.2, 0.25) is 0 Å². The Hall–Kier alpha value is -2.89. The molecule has 5 nitrogen and oxygen atoms in total. The molecule has 2 heterocycles. The van der Waals surface area contributed by atoms with Crippen LogP contribution in [-0.2, 0) is 0 Å². The van der Waals surface area contributed by atoms with Crippen molar-refractivity contribution in [2.45, 2.75) is 18.5 Å². The van der Waals surface area contributed by atoms with E-state index < -0.39 is 0 Å². The highest BCUT2D eigenvalue weighted by atomic mass is 19.1. The summed E-state index contributed by atoms with van der Waals surface area (Å²) in [7, 11) is 1.65. The Morgan fingerprint density at radius 2 is 1.79 bits per heavy atom. The Morgan fingerprint density at radius 3 is 2.50 bits per heavy atom. The van der Waals surface area contributed by atoms with Crippen LogP contribution in [0, 0.1) is 5.82 Å². The number of hydrogen-bond acceptors (Lipinski definition) is 4. The number of methoxy groups -OCH3 is 1. The molecule has 0 saturated heterocycles. The van der Waals surface area contributed by atoms with Crippen LogP contribution in [0.25, 0.3) is 0 Å². The molecule has 2 atom stereocenters. The van der Waals surface area contributed by atoms with Crippen molar-refractivity contribution in [3.05, 3.63) is 71.8 Å². The Kier molecular flexibility index (Phi) is 3.65. The van der Waals surface area contributed by atoms with Gasteiger partial charge in [-0.15, -0.1) is 0 Å². The predicted octanol–water partition coefficient (Wildman–Crippen LogP) is 3.57. The summed E-state index contributed by atoms with van der Waals surface area (Å²) >= 11 is 0. The summed E-state index contributed by atoms with van der Waals surface area (Å²) in [5.41, 5.74) is 2.17. The normalized spacial score (nSPS) is 19.4. The molecular weight excluding hydrogens is 307 g/mol. The van der Waals surface area contributed by atoms with Crippen molar-refractivity contribution in [3.8, 4) is 5.75 Å². The Morgan fingerprint density at radius 1 is 1.08 bits per heavy atom. The number of halogens is 1. The largest absolute Gasteiger partial charge is 0.497 e. The van der Waals surface area contributed by atoms with Gasteiger partial charge in [-0.1, -0.05) is 24.3 Å². The molecule has 0 unspecified atom stereocenters. The summed E-state index contributed by atoms with van der Waals surface area (Å²) in [6.45, 7) is 0. The standard InChI is InChI=1S/C18H17FN4O/c1-24-15-8-4-13(5-9-15)17-10-16(12-2-6-14(19)7-3-12)22-18-20-11-21-23(17)18/h2-9,11,16-17H,10H2,1H3,(H,20,21,22)/t16-,17-/m0/s1. The number of nitrogens with zero attached hydrogens (tertiary/aromatic N) is 3. The average Bonchev–Trinajstić information content (AvgIpc) is 3.10. The first kappa shape index (κ1) is 14.7. The van der Waals surface area contributed by atoms with E-state index in [9.17, 15) is 4.39 Å². The molecule has 0 aliphatic carbocycles. The second-order valence-electron chi connectivity index (χ2n) is 5.80. The third-order valence-corrected chi connectivity index (χ3v) is 4.40. The number of ether oxygens (including phenoxy) is 1. The van der Waals surface area contributed by atoms with E-state index in [0.29, 0.717) is 0 Å². The van der Waals surface area contributed by atoms with Gasteiger partial charge in [-0.05, 0) is 41.8 Å². The molecule has 0 amide bonds. The smallest absolute Gasteiger partial charge is 0.222 e. The average molecular weight is 324 g/mol. The van der Waals surface area contributed by atoms with Gasteiger partial charge < -0.3 is 10.1 Å². The van der Waals surface area contributed by atoms with Crippen molar-refractivity contribution in [1.82, 2.24) is 14.8 Å². The van der Waals surface area contributed by atoms with Crippen molar-refractivity contribution in [2.24, 2.45) is 0 Å². The molecule has 24 heavy (non-hydrogen) atoms. The number of hydrogen-bond donors (Lipinski definition) is 1. The molecule has 1 aromatic heterocycles. The van der Waals surface area contributed by atoms with Crippen molar-refractivity contribution < 1.29 is 9.13 Å². The quantitative estimate of drug-likeness (QED) is 0.800. The van der Waals surface area contributed by atoms with E-state index in [1.807, 2.05) is 41.1 Å². The van der Waals surface area contributed by atoms with Gasteiger partial charge in [0.2, 0.25) is 5.95 Å². The Labute approximate surface area is 139 Å². The lowest BCUT2D eigenvalue weighted by molar-refractivity contribution is 0.411. The van der Waals surface area contributed by atoms with Gasteiger partial charge in [0.15, 0.2) is 0 Å². The molecule has 1 aliphatic rings. The van der Waals surface area contributed by atoms with E-state index in [4.69, 9.17) is 4.74 Å². The van der Waals surface area contributed by atoms with Gasteiger partial charge in [-0.25, -0.2) is 9.07 Å². The van der Waals surface area contributed by atoms with E-state index in [0.717, 1.165) is 29.2 Å². The maximum atomic E-state index is 13.2. The van der Waals surface area contributed by atoms with Gasteiger partial charge in [0.25, 0.3) is 0 Å². The zero-order valence-electron chi connectivity index (χ0n) is 13.2. The van der Waals surface area contributed by atoms with Crippen LogP contribution in [-0.4, -0.2) is 21.9 Å². The van der Waals surface area contributed by atoms with Crippen LogP contribution in [0.4, 0.5) is 10.3 Å². The third-order valence-electron chi connectivity index (χ3n) is 4.40. The van der Waals surface area contributed by atoms with Gasteiger partial charge in [0, 0.05) is 0 Å². The first-order valence-electron chi connectivity index (χ1n) is 7.80. The molecule has 0 radical (unpaired) electrons. The maximum absolute atomic E-state index is 13.2. The lowest BCUT2D eigenvalue weighted by atomic mass is 9.93. The summed E-state index contributed by atoms with van der Waals surface area (Å²) in [5, 5.41) is 7.73. The fourth-order valence-electron chi connectivity index (χ4n) is 3.14. The van der Waals surface area contributed by atoms with Gasteiger partial charge in [0.1, 0.15) is 17.9 Å². The highest BCUT2D eigenvalue weighted by Gasteiger charge is 2.29. The van der Waals surface area contributed by atoms with Crippen molar-refractivity contribution in [2.75, 3.05) is 12.4 Å². The zero-order valence-corrected chi connectivity index (χ0v) is 13.2. The third kappa shape index (κ3) is 2.60. The monoisotopic (exact) mass is 324 g/mol. The van der Waals surface area contributed by atoms with Crippen LogP contribution >= 0.6 is 0 Å². The summed E-state index contributed by atoms with van der Waals surface area (Å²) < 4.78 is 20.3. The van der Waals surface area contributed by atoms with Gasteiger partial charge in [-0.3, -0.25) is 0 Å². The van der Waals surface area contributed by atoms with Crippen molar-refractivity contribution >= 4 is 5.95 Å². The van der Waals surface area contributed by atoms with E-state index in [1.165, 1.54) is 12.1 Å². The van der Waals surface area contributed by atoms with Crippen LogP contribution in [0.3, 0.4) is 0 Å². The minimum absolute atomic E-state index is 0.0504. The molecule has 0 saturated carbocycles. The molecule has 122 valence electrons. The minimum atomic E-state index is -0.232. The first-order chi connectivity index (χ1) is 11.7. The van der Waals surface area contributed by atoms with Crippen LogP contribution in [0.15, 0.2) is 54.9 Å². The Bertz CT molecular complexity index is 829. The maximum Gasteiger partial charge on any atom is 0.222 e. The van der Waals surface area contributed by atoms with Gasteiger partial charge in [-0.2, -0.15) is 10.1 Å². The van der Waals surface area contributed by atoms with Gasteiger partial charge >= 0.3 is 0 Å². The van der Waals surface area contributed by atoms with Crippen LogP contribution in [0.1, 0.15) is 29.6 Å². The number of rotatable bonds is 3. The molecule has 0 bridgehead atoms. The van der Waals surface area contributed by atoms with E-state index in [1.54, 1.807) is 13.4 Å². The summed E-state index contributed by atoms with van der Waals surface area (Å²) in [6.07, 6.45) is 2.35. The summed E-state index contributed by atoms with van der Waals surface area (Å²) in [5.74, 6) is 1.31. The fraction of sp³-hybridized carbons (Fsp3) is 0.222. The number of fused-ring (bicyclic) bond motifs is 1. The molecule has 2 aromatic carbocycles. The number of benzene rings is 2. The predicted molar refractivity (Wildman–Crippen MR) is 88.5 cm³/mol. The molecule has 1 aliphatic heterocycles. The second-order valence-corrected chi connectivity index (χ2v) is 5.80. The number of nitrogens with one attached hydrogen (secondary N) is 1. The van der Waals surface area contributed by atoms with E-state index in [2.05, 4.69) is 15.4 Å². The lowest BCUT2D eigenvalue weighted by Gasteiger charge is -2.31. The van der Waals surface area contributed by atoms with E-state index in [-0.39, 0.29) is 17.9 Å². The molecule has 6 heteroatoms. The molecule has 1 N–H and O–H groups in total. The SMILES string of the molecule is COc1ccc([C@@H]2C[C@@H](c3ccc(F)cc3)Nc3ncnn32)cc1. The molecule has 0 spiro atoms. The molecule has 0 fully saturated rings. The molecule has 3 aromatic rings. The lowest BCUT2D eigenvalue weighted by Crippen LogP contribution is -2.28. The zero-order chi connectivity index (χ0) is 16.5. The second kappa shape index (κ2) is 5.96. The molecular formula is C18H17FN4O. The number of aromatic nitrogens is 3. The topological polar surface area (TPSA) is 52.0 Å². The number of anilines is 1. The minimum Gasteiger partial charge on any atom is -0.497 e. The highest BCUT2D eigenvalue weighted by Crippen LogP contribution is 2.37. The van der Waals surface area contributed by atoms with Crippen LogP contribution < -0.4 is 10.1 Å². The van der Waals surface area contributed by atoms with Crippen LogP contribution in [0.5, 0.6) is 5.75 Å².